The average Bonchev–Trinajstić information content (AvgIpc) is 2.72. The Hall–Kier alpha value is -1.46. The summed E-state index contributed by atoms with van der Waals surface area (Å²) >= 11 is 0. The van der Waals surface area contributed by atoms with E-state index in [0.717, 1.165) is 19.5 Å². The van der Waals surface area contributed by atoms with Gasteiger partial charge in [0.05, 0.1) is 0 Å². The van der Waals surface area contributed by atoms with Gasteiger partial charge in [-0.05, 0) is 17.0 Å². The standard InChI is InChI=1S/C8H13N5O/c1-8(2)3-4-13(5-8)7(14)6-9-11-12-10-6/h3-5H2,1-2H3,(H,9,10,11,12). The van der Waals surface area contributed by atoms with Crippen LogP contribution >= 0.6 is 0 Å². The van der Waals surface area contributed by atoms with E-state index in [2.05, 4.69) is 34.5 Å². The van der Waals surface area contributed by atoms with Gasteiger partial charge in [0.1, 0.15) is 0 Å². The highest BCUT2D eigenvalue weighted by Gasteiger charge is 2.33. The summed E-state index contributed by atoms with van der Waals surface area (Å²) < 4.78 is 0. The van der Waals surface area contributed by atoms with Crippen molar-refractivity contribution in [2.45, 2.75) is 20.3 Å². The van der Waals surface area contributed by atoms with Crippen molar-refractivity contribution in [3.8, 4) is 0 Å². The number of aromatic amines is 1. The molecule has 1 aromatic rings. The first kappa shape index (κ1) is 9.11. The van der Waals surface area contributed by atoms with E-state index in [0.29, 0.717) is 0 Å². The predicted octanol–water partition coefficient (Wildman–Crippen LogP) is 0.0718. The van der Waals surface area contributed by atoms with Crippen molar-refractivity contribution in [2.75, 3.05) is 13.1 Å². The van der Waals surface area contributed by atoms with Gasteiger partial charge < -0.3 is 4.90 Å². The third kappa shape index (κ3) is 1.59. The first-order chi connectivity index (χ1) is 6.58. The summed E-state index contributed by atoms with van der Waals surface area (Å²) in [7, 11) is 0. The van der Waals surface area contributed by atoms with Crippen molar-refractivity contribution in [3.63, 3.8) is 0 Å². The van der Waals surface area contributed by atoms with E-state index in [1.54, 1.807) is 4.90 Å². The number of hydrogen-bond donors (Lipinski definition) is 1. The van der Waals surface area contributed by atoms with Gasteiger partial charge in [-0.1, -0.05) is 13.8 Å². The Labute approximate surface area is 81.7 Å². The van der Waals surface area contributed by atoms with Gasteiger partial charge in [-0.15, -0.1) is 10.2 Å². The monoisotopic (exact) mass is 195 g/mol. The highest BCUT2D eigenvalue weighted by atomic mass is 16.2. The zero-order valence-electron chi connectivity index (χ0n) is 8.32. The minimum absolute atomic E-state index is 0.135. The molecule has 0 spiro atoms. The molecule has 0 radical (unpaired) electrons. The van der Waals surface area contributed by atoms with Crippen molar-refractivity contribution in [1.82, 2.24) is 25.5 Å². The average molecular weight is 195 g/mol. The molecular weight excluding hydrogens is 182 g/mol. The number of nitrogens with one attached hydrogen (secondary N) is 1. The van der Waals surface area contributed by atoms with Crippen molar-refractivity contribution in [1.29, 1.82) is 0 Å². The van der Waals surface area contributed by atoms with Gasteiger partial charge in [0, 0.05) is 13.1 Å². The predicted molar refractivity (Wildman–Crippen MR) is 48.5 cm³/mol. The number of tetrazole rings is 1. The Morgan fingerprint density at radius 2 is 2.36 bits per heavy atom. The van der Waals surface area contributed by atoms with Gasteiger partial charge in [-0.3, -0.25) is 4.79 Å². The van der Waals surface area contributed by atoms with Crippen LogP contribution in [0, 0.1) is 5.41 Å². The molecule has 0 atom stereocenters. The molecule has 1 aliphatic heterocycles. The van der Waals surface area contributed by atoms with Crippen LogP contribution in [0.15, 0.2) is 0 Å². The maximum atomic E-state index is 11.7. The van der Waals surface area contributed by atoms with Crippen LogP contribution in [0.25, 0.3) is 0 Å². The van der Waals surface area contributed by atoms with E-state index in [4.69, 9.17) is 0 Å². The van der Waals surface area contributed by atoms with Crippen molar-refractivity contribution in [3.05, 3.63) is 5.82 Å². The molecule has 76 valence electrons. The second kappa shape index (κ2) is 3.04. The first-order valence-corrected chi connectivity index (χ1v) is 4.61. The number of H-pyrrole nitrogens is 1. The Bertz CT molecular complexity index is 332. The molecule has 6 heteroatoms. The van der Waals surface area contributed by atoms with Crippen LogP contribution in [0.5, 0.6) is 0 Å². The number of likely N-dealkylation sites (tertiary alicyclic amines) is 1. The first-order valence-electron chi connectivity index (χ1n) is 4.61. The SMILES string of the molecule is CC1(C)CCN(C(=O)c2nn[nH]n2)C1. The van der Waals surface area contributed by atoms with Crippen molar-refractivity contribution >= 4 is 5.91 Å². The lowest BCUT2D eigenvalue weighted by Crippen LogP contribution is -2.31. The number of amides is 1. The van der Waals surface area contributed by atoms with E-state index < -0.39 is 0 Å². The summed E-state index contributed by atoms with van der Waals surface area (Å²) in [4.78, 5) is 13.5. The minimum atomic E-state index is -0.135. The van der Waals surface area contributed by atoms with Crippen molar-refractivity contribution in [2.24, 2.45) is 5.41 Å². The molecule has 0 unspecified atom stereocenters. The van der Waals surface area contributed by atoms with Crippen LogP contribution in [-0.4, -0.2) is 44.5 Å². The molecule has 14 heavy (non-hydrogen) atoms. The van der Waals surface area contributed by atoms with Gasteiger partial charge in [0.15, 0.2) is 0 Å². The highest BCUT2D eigenvalue weighted by molar-refractivity contribution is 5.90. The fourth-order valence-corrected chi connectivity index (χ4v) is 1.68. The van der Waals surface area contributed by atoms with Crippen LogP contribution < -0.4 is 0 Å². The molecule has 1 N–H and O–H groups in total. The normalized spacial score (nSPS) is 20.0. The van der Waals surface area contributed by atoms with E-state index in [9.17, 15) is 4.79 Å². The molecular formula is C8H13N5O. The minimum Gasteiger partial charge on any atom is -0.335 e. The topological polar surface area (TPSA) is 74.8 Å². The summed E-state index contributed by atoms with van der Waals surface area (Å²) in [5, 5.41) is 13.0. The van der Waals surface area contributed by atoms with E-state index >= 15 is 0 Å². The number of hydrogen-bond acceptors (Lipinski definition) is 4. The molecule has 2 heterocycles. The smallest absolute Gasteiger partial charge is 0.295 e. The molecule has 1 amide bonds. The Morgan fingerprint density at radius 3 is 2.86 bits per heavy atom. The summed E-state index contributed by atoms with van der Waals surface area (Å²) in [6.45, 7) is 5.84. The molecule has 0 bridgehead atoms. The molecule has 6 nitrogen and oxygen atoms in total. The molecule has 1 aromatic heterocycles. The molecule has 0 saturated carbocycles. The molecule has 0 aliphatic carbocycles. The van der Waals surface area contributed by atoms with Crippen LogP contribution in [-0.2, 0) is 0 Å². The molecule has 1 aliphatic rings. The zero-order chi connectivity index (χ0) is 10.2. The van der Waals surface area contributed by atoms with Crippen LogP contribution in [0.1, 0.15) is 30.9 Å². The largest absolute Gasteiger partial charge is 0.335 e. The fourth-order valence-electron chi connectivity index (χ4n) is 1.68. The molecule has 0 aromatic carbocycles. The van der Waals surface area contributed by atoms with Gasteiger partial charge in [-0.25, -0.2) is 0 Å². The number of carbonyl (C=O) groups excluding carboxylic acids is 1. The maximum absolute atomic E-state index is 11.7. The Morgan fingerprint density at radius 1 is 1.57 bits per heavy atom. The lowest BCUT2D eigenvalue weighted by Gasteiger charge is -2.18. The second-order valence-electron chi connectivity index (χ2n) is 4.38. The third-order valence-electron chi connectivity index (χ3n) is 2.50. The van der Waals surface area contributed by atoms with E-state index in [1.165, 1.54) is 0 Å². The summed E-state index contributed by atoms with van der Waals surface area (Å²) in [5.41, 5.74) is 0.208. The molecule has 1 saturated heterocycles. The lowest BCUT2D eigenvalue weighted by atomic mass is 9.93. The fraction of sp³-hybridized carbons (Fsp3) is 0.750. The zero-order valence-corrected chi connectivity index (χ0v) is 8.32. The van der Waals surface area contributed by atoms with E-state index in [1.807, 2.05) is 0 Å². The quantitative estimate of drug-likeness (QED) is 0.688. The van der Waals surface area contributed by atoms with Gasteiger partial charge in [-0.2, -0.15) is 5.21 Å². The van der Waals surface area contributed by atoms with Crippen molar-refractivity contribution < 1.29 is 4.79 Å². The van der Waals surface area contributed by atoms with Crippen LogP contribution in [0.4, 0.5) is 0 Å². The number of aromatic nitrogens is 4. The van der Waals surface area contributed by atoms with Gasteiger partial charge >= 0.3 is 0 Å². The Balaban J connectivity index is 2.08. The van der Waals surface area contributed by atoms with Gasteiger partial charge in [0.25, 0.3) is 11.7 Å². The highest BCUT2D eigenvalue weighted by Crippen LogP contribution is 2.29. The third-order valence-corrected chi connectivity index (χ3v) is 2.50. The van der Waals surface area contributed by atoms with Crippen LogP contribution in [0.3, 0.4) is 0 Å². The lowest BCUT2D eigenvalue weighted by molar-refractivity contribution is 0.0766. The number of rotatable bonds is 1. The maximum Gasteiger partial charge on any atom is 0.295 e. The van der Waals surface area contributed by atoms with Gasteiger partial charge in [0.2, 0.25) is 0 Å². The summed E-state index contributed by atoms with van der Waals surface area (Å²) in [6, 6.07) is 0. The van der Waals surface area contributed by atoms with Crippen LogP contribution in [0.2, 0.25) is 0 Å². The summed E-state index contributed by atoms with van der Waals surface area (Å²) in [6.07, 6.45) is 1.02. The van der Waals surface area contributed by atoms with E-state index in [-0.39, 0.29) is 17.1 Å². The summed E-state index contributed by atoms with van der Waals surface area (Å²) in [5.74, 6) is 0.0204. The second-order valence-corrected chi connectivity index (χ2v) is 4.38. The molecule has 2 rings (SSSR count). The number of nitrogens with zero attached hydrogens (tertiary/aromatic N) is 4. The Kier molecular flexibility index (Phi) is 1.98. The molecule has 1 fully saturated rings. The number of carbonyl (C=O) groups is 1.